The molecule has 0 aliphatic heterocycles. The van der Waals surface area contributed by atoms with Crippen molar-refractivity contribution in [1.82, 2.24) is 5.32 Å². The molecule has 11 heteroatoms. The summed E-state index contributed by atoms with van der Waals surface area (Å²) in [6.07, 6.45) is 0. The Bertz CT molecular complexity index is 933. The molecule has 0 fully saturated rings. The van der Waals surface area contributed by atoms with Gasteiger partial charge in [-0.2, -0.15) is 0 Å². The van der Waals surface area contributed by atoms with Crippen LogP contribution in [0.2, 0.25) is 0 Å². The minimum absolute atomic E-state index is 0.0512. The van der Waals surface area contributed by atoms with Crippen LogP contribution in [0.4, 0.5) is 5.69 Å². The molecular weight excluding hydrogens is 384 g/mol. The Morgan fingerprint density at radius 1 is 1.15 bits per heavy atom. The molecule has 0 aliphatic rings. The van der Waals surface area contributed by atoms with E-state index in [2.05, 4.69) is 14.8 Å². The molecule has 1 amide bonds. The highest BCUT2D eigenvalue weighted by Crippen LogP contribution is 2.25. The van der Waals surface area contributed by atoms with Gasteiger partial charge in [0.1, 0.15) is 16.3 Å². The van der Waals surface area contributed by atoms with E-state index in [0.29, 0.717) is 0 Å². The van der Waals surface area contributed by atoms with Crippen molar-refractivity contribution in [3.8, 4) is 0 Å². The quantitative estimate of drug-likeness (QED) is 0.595. The summed E-state index contributed by atoms with van der Waals surface area (Å²) >= 11 is 0.939. The fraction of sp³-hybridized carbons (Fsp3) is 0.133. The number of carbonyl (C=O) groups is 3. The number of anilines is 1. The second-order valence-corrected chi connectivity index (χ2v) is 7.43. The lowest BCUT2D eigenvalue weighted by Gasteiger charge is -2.09. The maximum Gasteiger partial charge on any atom is 0.349 e. The minimum atomic E-state index is -4.03. The first-order valence-electron chi connectivity index (χ1n) is 7.03. The molecule has 2 aromatic rings. The zero-order valence-corrected chi connectivity index (χ0v) is 15.0. The standard InChI is InChI=1S/C15H14N2O7S2/c1-24-15(21)13-11(6-7-25-13)26(22,23)17-10-4-2-9(3-5-10)14(20)16-8-12(18)19/h2-7,17H,8H2,1H3,(H,16,20)(H,18,19). The van der Waals surface area contributed by atoms with Gasteiger partial charge in [-0.1, -0.05) is 0 Å². The lowest BCUT2D eigenvalue weighted by Crippen LogP contribution is -2.29. The van der Waals surface area contributed by atoms with Gasteiger partial charge in [0.25, 0.3) is 15.9 Å². The van der Waals surface area contributed by atoms with Crippen molar-refractivity contribution in [1.29, 1.82) is 0 Å². The number of hydrogen-bond donors (Lipinski definition) is 3. The van der Waals surface area contributed by atoms with E-state index in [-0.39, 0.29) is 21.0 Å². The molecular formula is C15H14N2O7S2. The first-order valence-corrected chi connectivity index (χ1v) is 9.39. The Hall–Kier alpha value is -2.92. The third-order valence-electron chi connectivity index (χ3n) is 3.09. The number of carbonyl (C=O) groups excluding carboxylic acids is 2. The van der Waals surface area contributed by atoms with Crippen molar-refractivity contribution < 1.29 is 32.6 Å². The average Bonchev–Trinajstić information content (AvgIpc) is 3.10. The summed E-state index contributed by atoms with van der Waals surface area (Å²) in [5.74, 6) is -2.54. The number of carboxylic acids is 1. The van der Waals surface area contributed by atoms with Crippen molar-refractivity contribution in [2.75, 3.05) is 18.4 Å². The van der Waals surface area contributed by atoms with E-state index in [4.69, 9.17) is 5.11 Å². The summed E-state index contributed by atoms with van der Waals surface area (Å²) < 4.78 is 31.7. The second-order valence-electron chi connectivity index (χ2n) is 4.86. The van der Waals surface area contributed by atoms with Crippen LogP contribution in [0.25, 0.3) is 0 Å². The van der Waals surface area contributed by atoms with Gasteiger partial charge in [-0.15, -0.1) is 11.3 Å². The largest absolute Gasteiger partial charge is 0.480 e. The highest BCUT2D eigenvalue weighted by molar-refractivity contribution is 7.93. The molecule has 138 valence electrons. The predicted octanol–water partition coefficient (Wildman–Crippen LogP) is 1.15. The zero-order chi connectivity index (χ0) is 19.3. The van der Waals surface area contributed by atoms with E-state index >= 15 is 0 Å². The number of ether oxygens (including phenoxy) is 1. The van der Waals surface area contributed by atoms with Crippen LogP contribution in [0.1, 0.15) is 20.0 Å². The number of amides is 1. The second kappa shape index (κ2) is 7.97. The van der Waals surface area contributed by atoms with Gasteiger partial charge in [0.15, 0.2) is 0 Å². The Balaban J connectivity index is 2.16. The number of methoxy groups -OCH3 is 1. The first kappa shape index (κ1) is 19.4. The summed E-state index contributed by atoms with van der Waals surface area (Å²) in [6.45, 7) is -0.526. The molecule has 1 aromatic carbocycles. The van der Waals surface area contributed by atoms with Crippen LogP contribution in [0.15, 0.2) is 40.6 Å². The van der Waals surface area contributed by atoms with E-state index in [1.807, 2.05) is 0 Å². The van der Waals surface area contributed by atoms with Crippen molar-refractivity contribution in [3.05, 3.63) is 46.2 Å². The van der Waals surface area contributed by atoms with Gasteiger partial charge in [-0.25, -0.2) is 13.2 Å². The Morgan fingerprint density at radius 2 is 1.81 bits per heavy atom. The van der Waals surface area contributed by atoms with Crippen molar-refractivity contribution in [2.24, 2.45) is 0 Å². The van der Waals surface area contributed by atoms with E-state index in [9.17, 15) is 22.8 Å². The van der Waals surface area contributed by atoms with Crippen LogP contribution in [0, 0.1) is 0 Å². The highest BCUT2D eigenvalue weighted by Gasteiger charge is 2.24. The fourth-order valence-electron chi connectivity index (χ4n) is 1.91. The number of nitrogens with one attached hydrogen (secondary N) is 2. The molecule has 0 aliphatic carbocycles. The monoisotopic (exact) mass is 398 g/mol. The van der Waals surface area contributed by atoms with Crippen LogP contribution < -0.4 is 10.0 Å². The lowest BCUT2D eigenvalue weighted by molar-refractivity contribution is -0.135. The molecule has 0 unspecified atom stereocenters. The lowest BCUT2D eigenvalue weighted by atomic mass is 10.2. The first-order chi connectivity index (χ1) is 12.2. The highest BCUT2D eigenvalue weighted by atomic mass is 32.2. The number of rotatable bonds is 7. The molecule has 0 bridgehead atoms. The number of thiophene rings is 1. The zero-order valence-electron chi connectivity index (χ0n) is 13.4. The molecule has 1 aromatic heterocycles. The molecule has 0 saturated heterocycles. The van der Waals surface area contributed by atoms with Gasteiger partial charge in [0, 0.05) is 11.3 Å². The van der Waals surface area contributed by atoms with Crippen LogP contribution in [-0.2, 0) is 19.6 Å². The molecule has 0 spiro atoms. The molecule has 9 nitrogen and oxygen atoms in total. The number of aliphatic carboxylic acids is 1. The molecule has 0 saturated carbocycles. The molecule has 1 heterocycles. The van der Waals surface area contributed by atoms with E-state index in [1.165, 1.54) is 35.7 Å². The van der Waals surface area contributed by atoms with Gasteiger partial charge in [-0.05, 0) is 35.7 Å². The van der Waals surface area contributed by atoms with Crippen LogP contribution in [0.3, 0.4) is 0 Å². The van der Waals surface area contributed by atoms with E-state index in [1.54, 1.807) is 0 Å². The molecule has 0 radical (unpaired) electrons. The van der Waals surface area contributed by atoms with Crippen molar-refractivity contribution in [2.45, 2.75) is 4.90 Å². The molecule has 26 heavy (non-hydrogen) atoms. The van der Waals surface area contributed by atoms with Crippen LogP contribution >= 0.6 is 11.3 Å². The summed E-state index contributed by atoms with van der Waals surface area (Å²) in [5.41, 5.74) is 0.335. The maximum atomic E-state index is 12.4. The number of carboxylic acid groups (broad SMARTS) is 1. The van der Waals surface area contributed by atoms with Crippen molar-refractivity contribution >= 4 is 44.9 Å². The Labute approximate surface area is 152 Å². The number of esters is 1. The minimum Gasteiger partial charge on any atom is -0.480 e. The summed E-state index contributed by atoms with van der Waals surface area (Å²) in [6, 6.07) is 6.65. The number of sulfonamides is 1. The normalized spacial score (nSPS) is 10.8. The smallest absolute Gasteiger partial charge is 0.349 e. The average molecular weight is 398 g/mol. The molecule has 0 atom stereocenters. The maximum absolute atomic E-state index is 12.4. The number of benzene rings is 1. The van der Waals surface area contributed by atoms with Crippen molar-refractivity contribution in [3.63, 3.8) is 0 Å². The Kier molecular flexibility index (Phi) is 5.95. The third-order valence-corrected chi connectivity index (χ3v) is 5.54. The van der Waals surface area contributed by atoms with Gasteiger partial charge in [-0.3, -0.25) is 14.3 Å². The predicted molar refractivity (Wildman–Crippen MR) is 92.9 cm³/mol. The van der Waals surface area contributed by atoms with Gasteiger partial charge in [0.2, 0.25) is 0 Å². The van der Waals surface area contributed by atoms with E-state index in [0.717, 1.165) is 18.4 Å². The topological polar surface area (TPSA) is 139 Å². The molecule has 3 N–H and O–H groups in total. The van der Waals surface area contributed by atoms with Gasteiger partial charge < -0.3 is 15.2 Å². The summed E-state index contributed by atoms with van der Waals surface area (Å²) in [4.78, 5) is 33.5. The van der Waals surface area contributed by atoms with E-state index < -0.39 is 34.4 Å². The van der Waals surface area contributed by atoms with Gasteiger partial charge >= 0.3 is 11.9 Å². The third kappa shape index (κ3) is 4.58. The summed E-state index contributed by atoms with van der Waals surface area (Å²) in [5, 5.41) is 12.2. The van der Waals surface area contributed by atoms with Crippen LogP contribution in [0.5, 0.6) is 0 Å². The van der Waals surface area contributed by atoms with Gasteiger partial charge in [0.05, 0.1) is 7.11 Å². The van der Waals surface area contributed by atoms with Crippen LogP contribution in [-0.4, -0.2) is 45.0 Å². The fourth-order valence-corrected chi connectivity index (χ4v) is 4.30. The molecule has 2 rings (SSSR count). The summed E-state index contributed by atoms with van der Waals surface area (Å²) in [7, 11) is -2.88. The number of hydrogen-bond acceptors (Lipinski definition) is 7. The SMILES string of the molecule is COC(=O)c1sccc1S(=O)(=O)Nc1ccc(C(=O)NCC(=O)O)cc1. The Morgan fingerprint density at radius 3 is 2.38 bits per heavy atom.